The first-order valence-corrected chi connectivity index (χ1v) is 11.8. The van der Waals surface area contributed by atoms with Gasteiger partial charge >= 0.3 is 0 Å². The van der Waals surface area contributed by atoms with E-state index >= 15 is 0 Å². The molecule has 2 aromatic rings. The summed E-state index contributed by atoms with van der Waals surface area (Å²) < 4.78 is 32.9. The van der Waals surface area contributed by atoms with E-state index in [9.17, 15) is 15.0 Å². The second-order valence-corrected chi connectivity index (χ2v) is 8.73. The van der Waals surface area contributed by atoms with Crippen molar-refractivity contribution in [2.75, 3.05) is 55.0 Å². The van der Waals surface area contributed by atoms with Crippen LogP contribution in [0.2, 0.25) is 0 Å². The Labute approximate surface area is 210 Å². The van der Waals surface area contributed by atoms with Gasteiger partial charge in [-0.3, -0.25) is 4.79 Å². The number of rotatable bonds is 10. The van der Waals surface area contributed by atoms with Crippen molar-refractivity contribution in [2.24, 2.45) is 11.8 Å². The molecule has 10 heteroatoms. The molecule has 10 nitrogen and oxygen atoms in total. The van der Waals surface area contributed by atoms with Gasteiger partial charge in [-0.2, -0.15) is 0 Å². The van der Waals surface area contributed by atoms with Gasteiger partial charge in [-0.25, -0.2) is 0 Å². The van der Waals surface area contributed by atoms with E-state index in [2.05, 4.69) is 5.32 Å². The maximum atomic E-state index is 13.6. The first-order valence-electron chi connectivity index (χ1n) is 11.8. The fourth-order valence-electron chi connectivity index (χ4n) is 5.14. The third-order valence-corrected chi connectivity index (χ3v) is 6.84. The summed E-state index contributed by atoms with van der Waals surface area (Å²) >= 11 is 0. The van der Waals surface area contributed by atoms with Gasteiger partial charge in [-0.1, -0.05) is 0 Å². The van der Waals surface area contributed by atoms with Crippen molar-refractivity contribution in [3.63, 3.8) is 0 Å². The molecular formula is C26H33NO9. The van der Waals surface area contributed by atoms with Crippen molar-refractivity contribution >= 4 is 5.91 Å². The summed E-state index contributed by atoms with van der Waals surface area (Å²) in [7, 11) is 6.16. The smallest absolute Gasteiger partial charge is 0.231 e. The number of amides is 1. The van der Waals surface area contributed by atoms with Crippen LogP contribution < -0.4 is 29.0 Å². The van der Waals surface area contributed by atoms with E-state index in [1.165, 1.54) is 21.3 Å². The second-order valence-electron chi connectivity index (χ2n) is 8.73. The van der Waals surface area contributed by atoms with E-state index in [-0.39, 0.29) is 12.7 Å². The molecule has 0 radical (unpaired) electrons. The molecular weight excluding hydrogens is 470 g/mol. The van der Waals surface area contributed by atoms with Crippen molar-refractivity contribution < 1.29 is 43.4 Å². The SMILES string of the molecule is COCCCNC(=O)[C@@H]1[C@H](c2cc(OC)c(OC)c(OC)c2)c2cc3c(cc2[C@H](O)[C@H]1CO)OCO3. The lowest BCUT2D eigenvalue weighted by Gasteiger charge is -2.41. The molecule has 1 aliphatic carbocycles. The Morgan fingerprint density at radius 3 is 2.19 bits per heavy atom. The van der Waals surface area contributed by atoms with Crippen molar-refractivity contribution in [1.29, 1.82) is 0 Å². The maximum absolute atomic E-state index is 13.6. The van der Waals surface area contributed by atoms with E-state index in [0.717, 1.165) is 0 Å². The van der Waals surface area contributed by atoms with E-state index in [1.54, 1.807) is 31.4 Å². The molecule has 3 N–H and O–H groups in total. The largest absolute Gasteiger partial charge is 0.493 e. The number of hydrogen-bond donors (Lipinski definition) is 3. The summed E-state index contributed by atoms with van der Waals surface area (Å²) in [5.41, 5.74) is 1.97. The normalized spacial score (nSPS) is 22.1. The topological polar surface area (TPSA) is 125 Å². The molecule has 4 rings (SSSR count). The number of methoxy groups -OCH3 is 4. The minimum atomic E-state index is -1.09. The van der Waals surface area contributed by atoms with Crippen molar-refractivity contribution in [1.82, 2.24) is 5.32 Å². The Morgan fingerprint density at radius 1 is 1.00 bits per heavy atom. The Morgan fingerprint density at radius 2 is 1.64 bits per heavy atom. The number of nitrogens with one attached hydrogen (secondary N) is 1. The highest BCUT2D eigenvalue weighted by Crippen LogP contribution is 2.53. The molecule has 2 aromatic carbocycles. The number of aliphatic hydroxyl groups is 2. The number of aliphatic hydroxyl groups excluding tert-OH is 2. The maximum Gasteiger partial charge on any atom is 0.231 e. The molecule has 196 valence electrons. The fraction of sp³-hybridized carbons (Fsp3) is 0.500. The van der Waals surface area contributed by atoms with Gasteiger partial charge in [0.25, 0.3) is 0 Å². The predicted octanol–water partition coefficient (Wildman–Crippen LogP) is 2.00. The van der Waals surface area contributed by atoms with E-state index in [0.29, 0.717) is 65.0 Å². The van der Waals surface area contributed by atoms with Gasteiger partial charge in [0.15, 0.2) is 23.0 Å². The molecule has 2 aliphatic rings. The van der Waals surface area contributed by atoms with Crippen LogP contribution in [0.5, 0.6) is 28.7 Å². The van der Waals surface area contributed by atoms with E-state index in [4.69, 9.17) is 28.4 Å². The zero-order valence-electron chi connectivity index (χ0n) is 20.9. The first-order chi connectivity index (χ1) is 17.5. The molecule has 1 heterocycles. The molecule has 0 fully saturated rings. The van der Waals surface area contributed by atoms with Crippen LogP contribution in [-0.4, -0.2) is 71.1 Å². The number of benzene rings is 2. The summed E-state index contributed by atoms with van der Waals surface area (Å²) in [6, 6.07) is 7.10. The van der Waals surface area contributed by atoms with Crippen molar-refractivity contribution in [3.8, 4) is 28.7 Å². The van der Waals surface area contributed by atoms with Gasteiger partial charge in [-0.05, 0) is 47.4 Å². The lowest BCUT2D eigenvalue weighted by molar-refractivity contribution is -0.131. The fourth-order valence-corrected chi connectivity index (χ4v) is 5.14. The van der Waals surface area contributed by atoms with Crippen LogP contribution in [0.4, 0.5) is 0 Å². The summed E-state index contributed by atoms with van der Waals surface area (Å²) in [5, 5.41) is 24.6. The third-order valence-electron chi connectivity index (χ3n) is 6.84. The van der Waals surface area contributed by atoms with Gasteiger partial charge in [0.05, 0.1) is 33.4 Å². The van der Waals surface area contributed by atoms with Gasteiger partial charge in [0.1, 0.15) is 0 Å². The average molecular weight is 504 g/mol. The predicted molar refractivity (Wildman–Crippen MR) is 129 cm³/mol. The van der Waals surface area contributed by atoms with Gasteiger partial charge in [0.2, 0.25) is 18.4 Å². The molecule has 1 aliphatic heterocycles. The highest BCUT2D eigenvalue weighted by Gasteiger charge is 2.47. The number of fused-ring (bicyclic) bond motifs is 2. The van der Waals surface area contributed by atoms with Crippen LogP contribution in [0.3, 0.4) is 0 Å². The molecule has 4 atom stereocenters. The summed E-state index contributed by atoms with van der Waals surface area (Å²) in [5.74, 6) is -0.106. The van der Waals surface area contributed by atoms with Crippen molar-refractivity contribution in [3.05, 3.63) is 41.0 Å². The van der Waals surface area contributed by atoms with Gasteiger partial charge in [0, 0.05) is 38.7 Å². The minimum absolute atomic E-state index is 0.0655. The van der Waals surface area contributed by atoms with Gasteiger partial charge < -0.3 is 44.0 Å². The highest BCUT2D eigenvalue weighted by molar-refractivity contribution is 5.82. The number of hydrogen-bond acceptors (Lipinski definition) is 9. The van der Waals surface area contributed by atoms with Gasteiger partial charge in [-0.15, -0.1) is 0 Å². The standard InChI is InChI=1S/C26H33NO9/c1-31-7-5-6-27-26(30)23-17(12-28)24(29)16-11-19-18(35-13-36-19)10-15(16)22(23)14-8-20(32-2)25(34-4)21(9-14)33-3/h8-11,17,22-24,28-29H,5-7,12-13H2,1-4H3,(H,27,30)/t17-,22+,23-,24-/m0/s1. The van der Waals surface area contributed by atoms with Crippen LogP contribution in [0, 0.1) is 11.8 Å². The Bertz CT molecular complexity index is 1060. The van der Waals surface area contributed by atoms with Crippen LogP contribution in [0.1, 0.15) is 35.1 Å². The minimum Gasteiger partial charge on any atom is -0.493 e. The second kappa shape index (κ2) is 11.2. The highest BCUT2D eigenvalue weighted by atomic mass is 16.7. The quantitative estimate of drug-likeness (QED) is 0.418. The zero-order chi connectivity index (χ0) is 25.8. The Kier molecular flexibility index (Phi) is 8.07. The Hall–Kier alpha value is -3.21. The first kappa shape index (κ1) is 25.9. The molecule has 0 spiro atoms. The summed E-state index contributed by atoms with van der Waals surface area (Å²) in [4.78, 5) is 13.6. The lowest BCUT2D eigenvalue weighted by Crippen LogP contribution is -2.45. The third kappa shape index (κ3) is 4.63. The monoisotopic (exact) mass is 503 g/mol. The summed E-state index contributed by atoms with van der Waals surface area (Å²) in [6.45, 7) is 0.565. The van der Waals surface area contributed by atoms with Crippen LogP contribution in [0.25, 0.3) is 0 Å². The van der Waals surface area contributed by atoms with E-state index < -0.39 is 30.5 Å². The molecule has 1 amide bonds. The number of carbonyl (C=O) groups excluding carboxylic acids is 1. The number of ether oxygens (including phenoxy) is 6. The molecule has 0 aromatic heterocycles. The van der Waals surface area contributed by atoms with E-state index in [1.807, 2.05) is 0 Å². The van der Waals surface area contributed by atoms with Crippen LogP contribution in [-0.2, 0) is 9.53 Å². The average Bonchev–Trinajstić information content (AvgIpc) is 3.36. The van der Waals surface area contributed by atoms with Crippen LogP contribution >= 0.6 is 0 Å². The molecule has 0 saturated heterocycles. The molecule has 0 unspecified atom stereocenters. The molecule has 0 bridgehead atoms. The number of carbonyl (C=O) groups is 1. The summed E-state index contributed by atoms with van der Waals surface area (Å²) in [6.07, 6.45) is -0.460. The molecule has 36 heavy (non-hydrogen) atoms. The van der Waals surface area contributed by atoms with Crippen molar-refractivity contribution in [2.45, 2.75) is 18.4 Å². The Balaban J connectivity index is 1.89. The zero-order valence-corrected chi connectivity index (χ0v) is 20.9. The molecule has 0 saturated carbocycles. The van der Waals surface area contributed by atoms with Crippen LogP contribution in [0.15, 0.2) is 24.3 Å². The lowest BCUT2D eigenvalue weighted by atomic mass is 9.64.